The van der Waals surface area contributed by atoms with Crippen LogP contribution in [0.3, 0.4) is 0 Å². The molecule has 2 heterocycles. The van der Waals surface area contributed by atoms with Gasteiger partial charge in [-0.2, -0.15) is 0 Å². The summed E-state index contributed by atoms with van der Waals surface area (Å²) >= 11 is 5.66. The van der Waals surface area contributed by atoms with Crippen LogP contribution in [-0.4, -0.2) is 52.4 Å². The lowest BCUT2D eigenvalue weighted by Crippen LogP contribution is -2.46. The molecule has 1 unspecified atom stereocenters. The van der Waals surface area contributed by atoms with Gasteiger partial charge in [0.05, 0.1) is 44.0 Å². The quantitative estimate of drug-likeness (QED) is 0.829. The van der Waals surface area contributed by atoms with Crippen molar-refractivity contribution in [3.05, 3.63) is 23.2 Å². The van der Waals surface area contributed by atoms with Gasteiger partial charge in [0.2, 0.25) is 0 Å². The maximum atomic E-state index is 9.20. The number of aliphatic hydroxyl groups excluding tert-OH is 1. The van der Waals surface area contributed by atoms with Gasteiger partial charge in [-0.3, -0.25) is 9.88 Å². The van der Waals surface area contributed by atoms with Gasteiger partial charge in [0.25, 0.3) is 0 Å². The molecule has 1 aliphatic heterocycles. The summed E-state index contributed by atoms with van der Waals surface area (Å²) in [5.74, 6) is 0. The van der Waals surface area contributed by atoms with E-state index >= 15 is 0 Å². The van der Waals surface area contributed by atoms with Crippen molar-refractivity contribution in [2.75, 3.05) is 26.4 Å². The van der Waals surface area contributed by atoms with Gasteiger partial charge in [-0.1, -0.05) is 11.6 Å². The molecule has 2 rings (SSSR count). The Morgan fingerprint density at radius 2 is 2.38 bits per heavy atom. The predicted octanol–water partition coefficient (Wildman–Crippen LogP) is 0.323. The highest BCUT2D eigenvalue weighted by Gasteiger charge is 2.22. The van der Waals surface area contributed by atoms with Crippen LogP contribution in [-0.2, 0) is 11.3 Å². The lowest BCUT2D eigenvalue weighted by Gasteiger charge is -2.33. The molecule has 1 aromatic rings. The fourth-order valence-corrected chi connectivity index (χ4v) is 1.79. The van der Waals surface area contributed by atoms with E-state index in [1.165, 1.54) is 6.20 Å². The molecule has 16 heavy (non-hydrogen) atoms. The number of rotatable bonds is 3. The Balaban J connectivity index is 1.99. The SMILES string of the molecule is OCC1COCCN1Cc1cnc(Cl)cn1. The first kappa shape index (κ1) is 11.7. The Morgan fingerprint density at radius 1 is 1.50 bits per heavy atom. The summed E-state index contributed by atoms with van der Waals surface area (Å²) in [4.78, 5) is 10.3. The molecule has 1 aromatic heterocycles. The lowest BCUT2D eigenvalue weighted by atomic mass is 10.2. The summed E-state index contributed by atoms with van der Waals surface area (Å²) < 4.78 is 5.30. The average molecular weight is 244 g/mol. The van der Waals surface area contributed by atoms with Gasteiger partial charge in [0.15, 0.2) is 0 Å². The lowest BCUT2D eigenvalue weighted by molar-refractivity contribution is -0.0317. The second-order valence-electron chi connectivity index (χ2n) is 3.71. The van der Waals surface area contributed by atoms with Crippen molar-refractivity contribution in [3.8, 4) is 0 Å². The number of aliphatic hydroxyl groups is 1. The largest absolute Gasteiger partial charge is 0.395 e. The summed E-state index contributed by atoms with van der Waals surface area (Å²) in [6.45, 7) is 2.82. The van der Waals surface area contributed by atoms with Crippen LogP contribution in [0.2, 0.25) is 5.15 Å². The molecule has 6 heteroatoms. The Hall–Kier alpha value is -0.750. The first-order valence-electron chi connectivity index (χ1n) is 5.18. The maximum Gasteiger partial charge on any atom is 0.147 e. The van der Waals surface area contributed by atoms with Crippen molar-refractivity contribution in [1.82, 2.24) is 14.9 Å². The normalized spacial score (nSPS) is 22.2. The number of nitrogens with zero attached hydrogens (tertiary/aromatic N) is 3. The number of hydrogen-bond acceptors (Lipinski definition) is 5. The zero-order valence-electron chi connectivity index (χ0n) is 8.84. The van der Waals surface area contributed by atoms with Crippen molar-refractivity contribution in [1.29, 1.82) is 0 Å². The van der Waals surface area contributed by atoms with E-state index in [0.29, 0.717) is 24.9 Å². The maximum absolute atomic E-state index is 9.20. The molecular formula is C10H14ClN3O2. The van der Waals surface area contributed by atoms with E-state index in [4.69, 9.17) is 16.3 Å². The van der Waals surface area contributed by atoms with Crippen molar-refractivity contribution >= 4 is 11.6 Å². The van der Waals surface area contributed by atoms with Crippen LogP contribution in [0, 0.1) is 0 Å². The van der Waals surface area contributed by atoms with Crippen LogP contribution in [0.5, 0.6) is 0 Å². The number of hydrogen-bond donors (Lipinski definition) is 1. The zero-order valence-corrected chi connectivity index (χ0v) is 9.60. The monoisotopic (exact) mass is 243 g/mol. The predicted molar refractivity (Wildman–Crippen MR) is 59.1 cm³/mol. The molecule has 5 nitrogen and oxygen atoms in total. The van der Waals surface area contributed by atoms with Gasteiger partial charge >= 0.3 is 0 Å². The van der Waals surface area contributed by atoms with E-state index in [9.17, 15) is 5.11 Å². The highest BCUT2D eigenvalue weighted by atomic mass is 35.5. The Morgan fingerprint density at radius 3 is 3.06 bits per heavy atom. The number of ether oxygens (including phenoxy) is 1. The van der Waals surface area contributed by atoms with Crippen LogP contribution in [0.4, 0.5) is 0 Å². The molecule has 0 saturated carbocycles. The van der Waals surface area contributed by atoms with E-state index < -0.39 is 0 Å². The summed E-state index contributed by atoms with van der Waals surface area (Å²) in [5.41, 5.74) is 0.852. The van der Waals surface area contributed by atoms with Crippen LogP contribution in [0.15, 0.2) is 12.4 Å². The third-order valence-corrected chi connectivity index (χ3v) is 2.79. The fourth-order valence-electron chi connectivity index (χ4n) is 1.69. The average Bonchev–Trinajstić information content (AvgIpc) is 2.33. The number of morpholine rings is 1. The van der Waals surface area contributed by atoms with E-state index in [2.05, 4.69) is 14.9 Å². The summed E-state index contributed by atoms with van der Waals surface area (Å²) in [5, 5.41) is 9.60. The van der Waals surface area contributed by atoms with Crippen molar-refractivity contribution in [3.63, 3.8) is 0 Å². The van der Waals surface area contributed by atoms with E-state index in [1.807, 2.05) is 0 Å². The van der Waals surface area contributed by atoms with Crippen LogP contribution >= 0.6 is 11.6 Å². The highest BCUT2D eigenvalue weighted by molar-refractivity contribution is 6.29. The first-order chi connectivity index (χ1) is 7.79. The molecule has 1 fully saturated rings. The van der Waals surface area contributed by atoms with Gasteiger partial charge in [-0.15, -0.1) is 0 Å². The van der Waals surface area contributed by atoms with Crippen molar-refractivity contribution in [2.45, 2.75) is 12.6 Å². The number of aromatic nitrogens is 2. The Kier molecular flexibility index (Phi) is 4.06. The van der Waals surface area contributed by atoms with Gasteiger partial charge < -0.3 is 9.84 Å². The Bertz CT molecular complexity index is 333. The van der Waals surface area contributed by atoms with Crippen LogP contribution < -0.4 is 0 Å². The van der Waals surface area contributed by atoms with Crippen molar-refractivity contribution in [2.24, 2.45) is 0 Å². The molecule has 1 N–H and O–H groups in total. The second-order valence-corrected chi connectivity index (χ2v) is 4.10. The minimum Gasteiger partial charge on any atom is -0.395 e. The van der Waals surface area contributed by atoms with Crippen LogP contribution in [0.25, 0.3) is 0 Å². The molecule has 1 aliphatic rings. The molecular weight excluding hydrogens is 230 g/mol. The second kappa shape index (κ2) is 5.54. The van der Waals surface area contributed by atoms with Gasteiger partial charge in [-0.25, -0.2) is 4.98 Å². The standard InChI is InChI=1S/C10H14ClN3O2/c11-10-4-12-8(3-13-10)5-14-1-2-16-7-9(14)6-15/h3-4,9,15H,1-2,5-7H2. The van der Waals surface area contributed by atoms with Gasteiger partial charge in [0.1, 0.15) is 5.15 Å². The first-order valence-corrected chi connectivity index (χ1v) is 5.56. The molecule has 0 spiro atoms. The molecule has 0 amide bonds. The molecule has 1 atom stereocenters. The minimum absolute atomic E-state index is 0.0474. The third kappa shape index (κ3) is 2.89. The van der Waals surface area contributed by atoms with Crippen LogP contribution in [0.1, 0.15) is 5.69 Å². The third-order valence-electron chi connectivity index (χ3n) is 2.60. The molecule has 0 aliphatic carbocycles. The van der Waals surface area contributed by atoms with Crippen molar-refractivity contribution < 1.29 is 9.84 Å². The Labute approximate surface area is 99.0 Å². The summed E-state index contributed by atoms with van der Waals surface area (Å²) in [6, 6.07) is 0.0474. The van der Waals surface area contributed by atoms with E-state index in [1.54, 1.807) is 6.20 Å². The fraction of sp³-hybridized carbons (Fsp3) is 0.600. The molecule has 1 saturated heterocycles. The van der Waals surface area contributed by atoms with E-state index in [0.717, 1.165) is 12.2 Å². The summed E-state index contributed by atoms with van der Waals surface area (Å²) in [7, 11) is 0. The van der Waals surface area contributed by atoms with Gasteiger partial charge in [-0.05, 0) is 0 Å². The number of halogens is 1. The minimum atomic E-state index is 0.0474. The molecule has 88 valence electrons. The molecule has 0 radical (unpaired) electrons. The van der Waals surface area contributed by atoms with E-state index in [-0.39, 0.29) is 12.6 Å². The zero-order chi connectivity index (χ0) is 11.4. The molecule has 0 bridgehead atoms. The highest BCUT2D eigenvalue weighted by Crippen LogP contribution is 2.11. The topological polar surface area (TPSA) is 58.5 Å². The molecule has 0 aromatic carbocycles. The summed E-state index contributed by atoms with van der Waals surface area (Å²) in [6.07, 6.45) is 3.19. The smallest absolute Gasteiger partial charge is 0.147 e. The van der Waals surface area contributed by atoms with Gasteiger partial charge in [0, 0.05) is 13.1 Å².